The third-order valence-corrected chi connectivity index (χ3v) is 7.61. The molecule has 0 spiro atoms. The van der Waals surface area contributed by atoms with Crippen LogP contribution in [0.4, 0.5) is 0 Å². The first-order valence-corrected chi connectivity index (χ1v) is 14.9. The number of rotatable bonds is 25. The molecule has 0 amide bonds. The van der Waals surface area contributed by atoms with Crippen molar-refractivity contribution in [3.05, 3.63) is 12.2 Å². The Morgan fingerprint density at radius 2 is 0.892 bits per heavy atom. The maximum atomic E-state index is 12.5. The summed E-state index contributed by atoms with van der Waals surface area (Å²) in [5.74, 6) is -3.32. The normalized spacial score (nSPS) is 15.8. The molecule has 0 saturated carbocycles. The van der Waals surface area contributed by atoms with Crippen LogP contribution in [0.15, 0.2) is 12.2 Å². The number of unbranched alkanes of at least 4 members (excludes halogenated alkanes) is 9. The summed E-state index contributed by atoms with van der Waals surface area (Å²) in [5.41, 5.74) is 0. The lowest BCUT2D eigenvalue weighted by atomic mass is 9.91. The van der Waals surface area contributed by atoms with Crippen LogP contribution < -0.4 is 0 Å². The molecule has 0 fully saturated rings. The van der Waals surface area contributed by atoms with E-state index >= 15 is 0 Å². The Balaban J connectivity index is 5.57. The molecule has 0 radical (unpaired) electrons. The van der Waals surface area contributed by atoms with Crippen LogP contribution in [0, 0.1) is 0 Å². The molecule has 0 aliphatic carbocycles. The summed E-state index contributed by atoms with van der Waals surface area (Å²) in [6.45, 7) is 8.01. The number of hydrogen-bond acceptors (Lipinski definition) is 3. The van der Waals surface area contributed by atoms with Crippen molar-refractivity contribution in [1.82, 2.24) is 0 Å². The average Bonchev–Trinajstić information content (AvgIpc) is 2.85. The van der Waals surface area contributed by atoms with Gasteiger partial charge in [0.15, 0.2) is 18.1 Å². The number of allylic oxidation sites excluding steroid dienone is 1. The van der Waals surface area contributed by atoms with Gasteiger partial charge in [-0.1, -0.05) is 91.2 Å². The summed E-state index contributed by atoms with van der Waals surface area (Å²) in [6.07, 6.45) is 19.2. The van der Waals surface area contributed by atoms with E-state index < -0.39 is 40.5 Å². The molecular formula is C30H56NO6+. The minimum absolute atomic E-state index is 0.194. The SMILES string of the molecule is CCCCCCCCCCC/C=C/CC[N+](C(CCC)C(=O)O)(C(CCC)C(=O)O)C(CCC)C(=O)O. The van der Waals surface area contributed by atoms with E-state index in [1.54, 1.807) is 0 Å². The summed E-state index contributed by atoms with van der Waals surface area (Å²) in [6, 6.07) is -3.22. The van der Waals surface area contributed by atoms with Crippen LogP contribution >= 0.6 is 0 Å². The highest BCUT2D eigenvalue weighted by atomic mass is 16.4. The van der Waals surface area contributed by atoms with Gasteiger partial charge in [0.25, 0.3) is 0 Å². The van der Waals surface area contributed by atoms with Crippen molar-refractivity contribution in [3.8, 4) is 0 Å². The predicted molar refractivity (Wildman–Crippen MR) is 150 cm³/mol. The molecule has 37 heavy (non-hydrogen) atoms. The number of carboxylic acids is 3. The third kappa shape index (κ3) is 12.5. The van der Waals surface area contributed by atoms with Crippen molar-refractivity contribution in [2.24, 2.45) is 0 Å². The van der Waals surface area contributed by atoms with Crippen LogP contribution in [0.3, 0.4) is 0 Å². The number of quaternary nitrogens is 1. The summed E-state index contributed by atoms with van der Waals surface area (Å²) in [5, 5.41) is 30.7. The van der Waals surface area contributed by atoms with Crippen molar-refractivity contribution in [1.29, 1.82) is 0 Å². The Hall–Kier alpha value is -1.89. The highest BCUT2D eigenvalue weighted by molar-refractivity contribution is 5.78. The van der Waals surface area contributed by atoms with Gasteiger partial charge in [-0.15, -0.1) is 0 Å². The Bertz CT molecular complexity index is 603. The van der Waals surface area contributed by atoms with Gasteiger partial charge < -0.3 is 15.3 Å². The van der Waals surface area contributed by atoms with Crippen LogP contribution in [-0.2, 0) is 14.4 Å². The van der Waals surface area contributed by atoms with E-state index in [9.17, 15) is 29.7 Å². The Labute approximate surface area is 225 Å². The van der Waals surface area contributed by atoms with E-state index in [-0.39, 0.29) is 25.8 Å². The average molecular weight is 527 g/mol. The van der Waals surface area contributed by atoms with Gasteiger partial charge in [-0.2, -0.15) is 0 Å². The van der Waals surface area contributed by atoms with Crippen LogP contribution in [0.5, 0.6) is 0 Å². The first kappa shape index (κ1) is 35.1. The third-order valence-electron chi connectivity index (χ3n) is 7.61. The highest BCUT2D eigenvalue weighted by Crippen LogP contribution is 2.34. The second-order valence-corrected chi connectivity index (χ2v) is 10.5. The van der Waals surface area contributed by atoms with Crippen molar-refractivity contribution >= 4 is 17.9 Å². The smallest absolute Gasteiger partial charge is 0.362 e. The lowest BCUT2D eigenvalue weighted by Crippen LogP contribution is -2.72. The first-order valence-electron chi connectivity index (χ1n) is 14.9. The maximum Gasteiger partial charge on any atom is 0.362 e. The zero-order chi connectivity index (χ0) is 28.1. The van der Waals surface area contributed by atoms with Gasteiger partial charge in [-0.25, -0.2) is 14.4 Å². The summed E-state index contributed by atoms with van der Waals surface area (Å²) in [4.78, 5) is 37.5. The Morgan fingerprint density at radius 1 is 0.541 bits per heavy atom. The molecule has 216 valence electrons. The molecule has 0 aromatic rings. The monoisotopic (exact) mass is 526 g/mol. The second kappa shape index (κ2) is 21.1. The molecule has 3 atom stereocenters. The fraction of sp³-hybridized carbons (Fsp3) is 0.833. The summed E-state index contributed by atoms with van der Waals surface area (Å²) < 4.78 is -0.419. The van der Waals surface area contributed by atoms with Crippen LogP contribution in [0.2, 0.25) is 0 Å². The van der Waals surface area contributed by atoms with Gasteiger partial charge in [0.2, 0.25) is 0 Å². The van der Waals surface area contributed by atoms with Crippen LogP contribution in [-0.4, -0.2) is 62.4 Å². The molecule has 0 aliphatic rings. The standard InChI is InChI=1S/C30H55NO6/c1-5-9-10-11-12-13-14-15-16-17-18-19-20-24-31(25(21-6-2)28(32)33,26(22-7-3)29(34)35)27(23-8-4)30(36)37/h18-19,25-27H,5-17,20-24H2,1-4H3,(H2-,32,33,34,35,36,37)/p+1/b19-18+. The molecule has 7 heteroatoms. The zero-order valence-corrected chi connectivity index (χ0v) is 24.1. The minimum Gasteiger partial charge on any atom is -0.477 e. The number of aliphatic carboxylic acids is 3. The van der Waals surface area contributed by atoms with Crippen LogP contribution in [0.25, 0.3) is 0 Å². The number of carboxylic acid groups (broad SMARTS) is 3. The molecule has 0 bridgehead atoms. The molecule has 0 rings (SSSR count). The fourth-order valence-electron chi connectivity index (χ4n) is 5.75. The molecule has 0 aromatic carbocycles. The van der Waals surface area contributed by atoms with Gasteiger partial charge in [0, 0.05) is 25.7 Å². The highest BCUT2D eigenvalue weighted by Gasteiger charge is 2.56. The molecule has 0 saturated heterocycles. The van der Waals surface area contributed by atoms with Crippen molar-refractivity contribution in [3.63, 3.8) is 0 Å². The van der Waals surface area contributed by atoms with E-state index in [0.29, 0.717) is 25.7 Å². The first-order chi connectivity index (χ1) is 17.7. The number of carbonyl (C=O) groups is 3. The van der Waals surface area contributed by atoms with Gasteiger partial charge >= 0.3 is 17.9 Å². The van der Waals surface area contributed by atoms with Crippen molar-refractivity contribution < 1.29 is 34.2 Å². The summed E-state index contributed by atoms with van der Waals surface area (Å²) in [7, 11) is 0. The number of hydrogen-bond donors (Lipinski definition) is 3. The maximum absolute atomic E-state index is 12.5. The Kier molecular flexibility index (Phi) is 20.0. The quantitative estimate of drug-likeness (QED) is 0.0648. The van der Waals surface area contributed by atoms with Gasteiger partial charge in [-0.3, -0.25) is 4.48 Å². The lowest BCUT2D eigenvalue weighted by Gasteiger charge is -2.50. The van der Waals surface area contributed by atoms with E-state index in [1.165, 1.54) is 51.4 Å². The molecule has 7 nitrogen and oxygen atoms in total. The lowest BCUT2D eigenvalue weighted by molar-refractivity contribution is -0.973. The molecular weight excluding hydrogens is 470 g/mol. The predicted octanol–water partition coefficient (Wildman–Crippen LogP) is 7.43. The largest absolute Gasteiger partial charge is 0.477 e. The minimum atomic E-state index is -1.11. The molecule has 0 aromatic heterocycles. The molecule has 3 N–H and O–H groups in total. The number of nitrogens with zero attached hydrogens (tertiary/aromatic N) is 1. The fourth-order valence-corrected chi connectivity index (χ4v) is 5.75. The van der Waals surface area contributed by atoms with E-state index in [4.69, 9.17) is 0 Å². The second-order valence-electron chi connectivity index (χ2n) is 10.5. The van der Waals surface area contributed by atoms with Crippen LogP contribution in [0.1, 0.15) is 137 Å². The van der Waals surface area contributed by atoms with Gasteiger partial charge in [-0.05, 0) is 32.1 Å². The van der Waals surface area contributed by atoms with E-state index in [1.807, 2.05) is 26.8 Å². The van der Waals surface area contributed by atoms with Gasteiger partial charge in [0.05, 0.1) is 6.54 Å². The Morgan fingerprint density at radius 3 is 1.24 bits per heavy atom. The van der Waals surface area contributed by atoms with Crippen molar-refractivity contribution in [2.75, 3.05) is 6.54 Å². The topological polar surface area (TPSA) is 112 Å². The van der Waals surface area contributed by atoms with E-state index in [2.05, 4.69) is 13.0 Å². The molecule has 3 unspecified atom stereocenters. The molecule has 0 aliphatic heterocycles. The van der Waals surface area contributed by atoms with Gasteiger partial charge in [0.1, 0.15) is 0 Å². The zero-order valence-electron chi connectivity index (χ0n) is 24.1. The van der Waals surface area contributed by atoms with Crippen molar-refractivity contribution in [2.45, 2.75) is 155 Å². The molecule has 0 heterocycles. The van der Waals surface area contributed by atoms with E-state index in [0.717, 1.165) is 12.8 Å². The summed E-state index contributed by atoms with van der Waals surface area (Å²) >= 11 is 0.